The number of fused-ring (bicyclic) bond motifs is 1. The Kier molecular flexibility index (Phi) is 5.49. The first kappa shape index (κ1) is 17.5. The fourth-order valence-electron chi connectivity index (χ4n) is 2.75. The van der Waals surface area contributed by atoms with Gasteiger partial charge in [-0.15, -0.1) is 0 Å². The molecule has 1 heterocycles. The highest BCUT2D eigenvalue weighted by molar-refractivity contribution is 5.98. The van der Waals surface area contributed by atoms with E-state index in [9.17, 15) is 9.59 Å². The summed E-state index contributed by atoms with van der Waals surface area (Å²) in [6.45, 7) is 0.735. The maximum absolute atomic E-state index is 12.3. The van der Waals surface area contributed by atoms with Gasteiger partial charge in [-0.3, -0.25) is 9.59 Å². The Balaban J connectivity index is 1.47. The topological polar surface area (TPSA) is 63.1 Å². The number of hydrogen-bond acceptors (Lipinski definition) is 2. The average Bonchev–Trinajstić information content (AvgIpc) is 3.01. The maximum Gasteiger partial charge on any atom is 0.267 e. The second-order valence-electron chi connectivity index (χ2n) is 5.94. The third kappa shape index (κ3) is 4.19. The van der Waals surface area contributed by atoms with E-state index in [1.165, 1.54) is 6.08 Å². The lowest BCUT2D eigenvalue weighted by Crippen LogP contribution is -2.34. The van der Waals surface area contributed by atoms with Crippen LogP contribution in [-0.4, -0.2) is 29.5 Å². The summed E-state index contributed by atoms with van der Waals surface area (Å²) in [5.74, 6) is -0.342. The number of nitrogens with zero attached hydrogens (tertiary/aromatic N) is 1. The smallest absolute Gasteiger partial charge is 0.267 e. The standard InChI is InChI=1S/C21H21N3O2/c1-24-18-10-6-5-9-17(18)15-19(24)21(26)23-14-13-22-20(25)12-11-16-7-3-2-4-8-16/h2-12,15H,13-14H2,1H3,(H,22,25)(H,23,26)/b12-11+. The summed E-state index contributed by atoms with van der Waals surface area (Å²) in [7, 11) is 1.87. The molecule has 0 spiro atoms. The van der Waals surface area contributed by atoms with E-state index >= 15 is 0 Å². The fraction of sp³-hybridized carbons (Fsp3) is 0.143. The number of aromatic nitrogens is 1. The van der Waals surface area contributed by atoms with Gasteiger partial charge in [0.25, 0.3) is 5.91 Å². The van der Waals surface area contributed by atoms with Gasteiger partial charge in [0.1, 0.15) is 5.69 Å². The van der Waals surface area contributed by atoms with Crippen LogP contribution in [0.3, 0.4) is 0 Å². The van der Waals surface area contributed by atoms with Crippen LogP contribution in [0, 0.1) is 0 Å². The van der Waals surface area contributed by atoms with Crippen molar-refractivity contribution < 1.29 is 9.59 Å². The number of carbonyl (C=O) groups is 2. The van der Waals surface area contributed by atoms with Gasteiger partial charge in [-0.2, -0.15) is 0 Å². The van der Waals surface area contributed by atoms with Crippen LogP contribution >= 0.6 is 0 Å². The molecular formula is C21H21N3O2. The molecule has 0 aliphatic carbocycles. The Morgan fingerprint density at radius 1 is 0.962 bits per heavy atom. The maximum atomic E-state index is 12.3. The lowest BCUT2D eigenvalue weighted by Gasteiger charge is -2.07. The molecule has 2 N–H and O–H groups in total. The SMILES string of the molecule is Cn1c(C(=O)NCCNC(=O)/C=C/c2ccccc2)cc2ccccc21. The van der Waals surface area contributed by atoms with E-state index in [2.05, 4.69) is 10.6 Å². The number of hydrogen-bond donors (Lipinski definition) is 2. The number of rotatable bonds is 6. The molecule has 0 saturated heterocycles. The molecule has 0 bridgehead atoms. The van der Waals surface area contributed by atoms with Crippen molar-refractivity contribution in [2.45, 2.75) is 0 Å². The van der Waals surface area contributed by atoms with Crippen LogP contribution in [0.25, 0.3) is 17.0 Å². The van der Waals surface area contributed by atoms with Crippen molar-refractivity contribution in [2.75, 3.05) is 13.1 Å². The summed E-state index contributed by atoms with van der Waals surface area (Å²) in [6.07, 6.45) is 3.24. The number of carbonyl (C=O) groups excluding carboxylic acids is 2. The second kappa shape index (κ2) is 8.16. The molecule has 0 aliphatic rings. The molecule has 3 aromatic rings. The minimum atomic E-state index is -0.187. The molecule has 2 aromatic carbocycles. The fourth-order valence-corrected chi connectivity index (χ4v) is 2.75. The summed E-state index contributed by atoms with van der Waals surface area (Å²) in [4.78, 5) is 24.1. The molecule has 0 unspecified atom stereocenters. The van der Waals surface area contributed by atoms with Crippen LogP contribution in [0.1, 0.15) is 16.1 Å². The van der Waals surface area contributed by atoms with Crippen molar-refractivity contribution in [3.63, 3.8) is 0 Å². The molecular weight excluding hydrogens is 326 g/mol. The van der Waals surface area contributed by atoms with E-state index in [-0.39, 0.29) is 11.8 Å². The highest BCUT2D eigenvalue weighted by Gasteiger charge is 2.12. The summed E-state index contributed by atoms with van der Waals surface area (Å²) in [5, 5.41) is 6.61. The Morgan fingerprint density at radius 2 is 1.65 bits per heavy atom. The molecule has 0 saturated carbocycles. The summed E-state index contributed by atoms with van der Waals surface area (Å²) in [6, 6.07) is 19.3. The molecule has 132 valence electrons. The summed E-state index contributed by atoms with van der Waals surface area (Å²) in [5.41, 5.74) is 2.57. The first-order valence-corrected chi connectivity index (χ1v) is 8.49. The highest BCUT2D eigenvalue weighted by atomic mass is 16.2. The molecule has 26 heavy (non-hydrogen) atoms. The van der Waals surface area contributed by atoms with E-state index in [0.29, 0.717) is 18.8 Å². The van der Waals surface area contributed by atoms with Gasteiger partial charge in [0.05, 0.1) is 0 Å². The van der Waals surface area contributed by atoms with Crippen LogP contribution in [0.5, 0.6) is 0 Å². The number of para-hydroxylation sites is 1. The van der Waals surface area contributed by atoms with Crippen LogP contribution in [0.2, 0.25) is 0 Å². The Hall–Kier alpha value is -3.34. The molecule has 0 atom stereocenters. The van der Waals surface area contributed by atoms with E-state index in [4.69, 9.17) is 0 Å². The van der Waals surface area contributed by atoms with Gasteiger partial charge in [0.2, 0.25) is 5.91 Å². The van der Waals surface area contributed by atoms with Crippen molar-refractivity contribution in [3.8, 4) is 0 Å². The molecule has 3 rings (SSSR count). The Morgan fingerprint density at radius 3 is 2.42 bits per heavy atom. The van der Waals surface area contributed by atoms with Crippen LogP contribution in [0.4, 0.5) is 0 Å². The third-order valence-corrected chi connectivity index (χ3v) is 4.12. The van der Waals surface area contributed by atoms with E-state index < -0.39 is 0 Å². The molecule has 0 radical (unpaired) electrons. The van der Waals surface area contributed by atoms with Crippen LogP contribution < -0.4 is 10.6 Å². The Labute approximate surface area is 152 Å². The Bertz CT molecular complexity index is 942. The lowest BCUT2D eigenvalue weighted by molar-refractivity contribution is -0.116. The van der Waals surface area contributed by atoms with Gasteiger partial charge in [-0.05, 0) is 23.8 Å². The first-order valence-electron chi connectivity index (χ1n) is 8.49. The van der Waals surface area contributed by atoms with Gasteiger partial charge >= 0.3 is 0 Å². The van der Waals surface area contributed by atoms with Crippen molar-refractivity contribution in [2.24, 2.45) is 7.05 Å². The minimum absolute atomic E-state index is 0.155. The molecule has 5 heteroatoms. The van der Waals surface area contributed by atoms with Gasteiger partial charge in [0, 0.05) is 37.1 Å². The van der Waals surface area contributed by atoms with Crippen molar-refractivity contribution in [1.29, 1.82) is 0 Å². The average molecular weight is 347 g/mol. The van der Waals surface area contributed by atoms with E-state index in [0.717, 1.165) is 16.5 Å². The molecule has 5 nitrogen and oxygen atoms in total. The number of aryl methyl sites for hydroxylation is 1. The van der Waals surface area contributed by atoms with Gasteiger partial charge in [0.15, 0.2) is 0 Å². The number of amides is 2. The van der Waals surface area contributed by atoms with Gasteiger partial charge in [-0.25, -0.2) is 0 Å². The highest BCUT2D eigenvalue weighted by Crippen LogP contribution is 2.17. The predicted octanol–water partition coefficient (Wildman–Crippen LogP) is 2.74. The quantitative estimate of drug-likeness (QED) is 0.532. The molecule has 2 amide bonds. The molecule has 0 aliphatic heterocycles. The van der Waals surface area contributed by atoms with E-state index in [1.807, 2.05) is 72.3 Å². The van der Waals surface area contributed by atoms with Crippen LogP contribution in [0.15, 0.2) is 66.7 Å². The summed E-state index contributed by atoms with van der Waals surface area (Å²) < 4.78 is 1.87. The normalized spacial score (nSPS) is 11.0. The second-order valence-corrected chi connectivity index (χ2v) is 5.94. The zero-order valence-corrected chi connectivity index (χ0v) is 14.6. The molecule has 1 aromatic heterocycles. The number of benzene rings is 2. The van der Waals surface area contributed by atoms with Crippen molar-refractivity contribution >= 4 is 28.8 Å². The van der Waals surface area contributed by atoms with E-state index in [1.54, 1.807) is 6.08 Å². The monoisotopic (exact) mass is 347 g/mol. The third-order valence-electron chi connectivity index (χ3n) is 4.12. The minimum Gasteiger partial charge on any atom is -0.351 e. The predicted molar refractivity (Wildman–Crippen MR) is 104 cm³/mol. The largest absolute Gasteiger partial charge is 0.351 e. The first-order chi connectivity index (χ1) is 12.6. The van der Waals surface area contributed by atoms with Gasteiger partial charge in [-0.1, -0.05) is 48.5 Å². The number of nitrogens with one attached hydrogen (secondary N) is 2. The molecule has 0 fully saturated rings. The zero-order valence-electron chi connectivity index (χ0n) is 14.6. The summed E-state index contributed by atoms with van der Waals surface area (Å²) >= 11 is 0. The van der Waals surface area contributed by atoms with Gasteiger partial charge < -0.3 is 15.2 Å². The van der Waals surface area contributed by atoms with Crippen LogP contribution in [-0.2, 0) is 11.8 Å². The lowest BCUT2D eigenvalue weighted by atomic mass is 10.2. The van der Waals surface area contributed by atoms with Crippen molar-refractivity contribution in [1.82, 2.24) is 15.2 Å². The zero-order chi connectivity index (χ0) is 18.4. The van der Waals surface area contributed by atoms with Crippen molar-refractivity contribution in [3.05, 3.63) is 78.0 Å².